The average Bonchev–Trinajstić information content (AvgIpc) is 3.42. The Morgan fingerprint density at radius 3 is 2.59 bits per heavy atom. The van der Waals surface area contributed by atoms with Crippen molar-refractivity contribution in [2.24, 2.45) is 0 Å². The fourth-order valence-electron chi connectivity index (χ4n) is 4.84. The van der Waals surface area contributed by atoms with E-state index in [9.17, 15) is 4.21 Å². The van der Waals surface area contributed by atoms with Gasteiger partial charge in [0.05, 0.1) is 22.9 Å². The SMILES string of the molecule is CC(C)n1ncnc1-c1cn2c(n1)-c1cc([S@](=O)C3CCN(C(C)(C)C)CC3)ccc1OCC2. The summed E-state index contributed by atoms with van der Waals surface area (Å²) in [7, 11) is -1.07. The van der Waals surface area contributed by atoms with Crippen molar-refractivity contribution >= 4 is 10.8 Å². The molecule has 0 N–H and O–H groups in total. The largest absolute Gasteiger partial charge is 0.491 e. The number of benzene rings is 1. The third kappa shape index (κ3) is 4.31. The predicted octanol–water partition coefficient (Wildman–Crippen LogP) is 4.15. The Morgan fingerprint density at radius 2 is 1.88 bits per heavy atom. The lowest BCUT2D eigenvalue weighted by molar-refractivity contribution is 0.112. The summed E-state index contributed by atoms with van der Waals surface area (Å²) < 4.78 is 23.6. The van der Waals surface area contributed by atoms with E-state index >= 15 is 0 Å². The number of aromatic nitrogens is 5. The van der Waals surface area contributed by atoms with Crippen LogP contribution in [-0.2, 0) is 17.3 Å². The minimum absolute atomic E-state index is 0.155. The zero-order valence-corrected chi connectivity index (χ0v) is 21.5. The van der Waals surface area contributed by atoms with Gasteiger partial charge in [0.1, 0.15) is 30.2 Å². The first-order valence-corrected chi connectivity index (χ1v) is 13.3. The van der Waals surface area contributed by atoms with Crippen LogP contribution >= 0.6 is 0 Å². The van der Waals surface area contributed by atoms with Crippen LogP contribution in [0.2, 0.25) is 0 Å². The number of piperidine rings is 1. The van der Waals surface area contributed by atoms with Gasteiger partial charge in [-0.15, -0.1) is 0 Å². The van der Waals surface area contributed by atoms with Gasteiger partial charge < -0.3 is 9.30 Å². The maximum absolute atomic E-state index is 13.6. The molecule has 4 heterocycles. The number of imidazole rings is 1. The molecule has 0 radical (unpaired) electrons. The van der Waals surface area contributed by atoms with Crippen molar-refractivity contribution in [1.82, 2.24) is 29.2 Å². The smallest absolute Gasteiger partial charge is 0.178 e. The Bertz CT molecular complexity index is 1200. The molecule has 1 aromatic carbocycles. The molecule has 0 bridgehead atoms. The Balaban J connectivity index is 1.45. The van der Waals surface area contributed by atoms with Crippen molar-refractivity contribution in [3.05, 3.63) is 30.7 Å². The minimum atomic E-state index is -1.07. The number of fused-ring (bicyclic) bond motifs is 3. The van der Waals surface area contributed by atoms with Crippen LogP contribution in [0.3, 0.4) is 0 Å². The highest BCUT2D eigenvalue weighted by atomic mass is 32.2. The Labute approximate surface area is 203 Å². The first kappa shape index (κ1) is 23.2. The van der Waals surface area contributed by atoms with Gasteiger partial charge in [-0.05, 0) is 78.7 Å². The lowest BCUT2D eigenvalue weighted by atomic mass is 10.0. The van der Waals surface area contributed by atoms with Crippen LogP contribution in [0.5, 0.6) is 5.75 Å². The second-order valence-corrected chi connectivity index (χ2v) is 12.2. The zero-order chi connectivity index (χ0) is 24.0. The second-order valence-electron chi connectivity index (χ2n) is 10.4. The molecule has 1 fully saturated rings. The number of hydrogen-bond donors (Lipinski definition) is 0. The van der Waals surface area contributed by atoms with Crippen molar-refractivity contribution in [3.63, 3.8) is 0 Å². The molecular weight excluding hydrogens is 448 g/mol. The quantitative estimate of drug-likeness (QED) is 0.556. The molecule has 0 aliphatic carbocycles. The molecule has 5 rings (SSSR count). The van der Waals surface area contributed by atoms with Gasteiger partial charge in [-0.1, -0.05) is 0 Å². The molecule has 182 valence electrons. The predicted molar refractivity (Wildman–Crippen MR) is 133 cm³/mol. The summed E-state index contributed by atoms with van der Waals surface area (Å²) in [4.78, 5) is 12.7. The average molecular weight is 483 g/mol. The van der Waals surface area contributed by atoms with Crippen LogP contribution in [0.1, 0.15) is 53.5 Å². The molecule has 1 saturated heterocycles. The third-order valence-corrected chi connectivity index (χ3v) is 8.57. The van der Waals surface area contributed by atoms with Gasteiger partial charge >= 0.3 is 0 Å². The zero-order valence-electron chi connectivity index (χ0n) is 20.7. The summed E-state index contributed by atoms with van der Waals surface area (Å²) in [6.07, 6.45) is 5.48. The lowest BCUT2D eigenvalue weighted by Gasteiger charge is -2.40. The van der Waals surface area contributed by atoms with Gasteiger partial charge in [0.25, 0.3) is 0 Å². The van der Waals surface area contributed by atoms with Crippen molar-refractivity contribution in [1.29, 1.82) is 0 Å². The molecule has 2 aromatic heterocycles. The minimum Gasteiger partial charge on any atom is -0.491 e. The standard InChI is InChI=1S/C25H34N6O2S/c1-17(2)31-24(26-16-27-31)21-15-29-12-13-33-22-7-6-19(14-20(22)23(29)28-21)34(32)18-8-10-30(11-9-18)25(3,4)5/h6-7,14-18H,8-13H2,1-5H3/t34-/m1/s1. The molecule has 3 aromatic rings. The summed E-state index contributed by atoms with van der Waals surface area (Å²) >= 11 is 0. The van der Waals surface area contributed by atoms with E-state index in [1.54, 1.807) is 6.33 Å². The number of ether oxygens (including phenoxy) is 1. The molecule has 9 heteroatoms. The van der Waals surface area contributed by atoms with Crippen LogP contribution in [0.25, 0.3) is 22.9 Å². The first-order valence-electron chi connectivity index (χ1n) is 12.1. The van der Waals surface area contributed by atoms with Crippen LogP contribution in [0.15, 0.2) is 35.6 Å². The molecule has 2 aliphatic heterocycles. The van der Waals surface area contributed by atoms with Gasteiger partial charge in [-0.25, -0.2) is 14.6 Å². The maximum Gasteiger partial charge on any atom is 0.178 e. The third-order valence-electron chi connectivity index (χ3n) is 6.78. The van der Waals surface area contributed by atoms with Crippen LogP contribution in [0, 0.1) is 0 Å². The summed E-state index contributed by atoms with van der Waals surface area (Å²) in [6.45, 7) is 14.1. The van der Waals surface area contributed by atoms with E-state index < -0.39 is 10.8 Å². The Hall–Kier alpha value is -2.52. The molecule has 0 spiro atoms. The van der Waals surface area contributed by atoms with E-state index in [1.165, 1.54) is 0 Å². The van der Waals surface area contributed by atoms with Crippen molar-refractivity contribution in [2.45, 2.75) is 75.7 Å². The molecule has 0 unspecified atom stereocenters. The number of rotatable bonds is 4. The van der Waals surface area contributed by atoms with E-state index in [-0.39, 0.29) is 16.8 Å². The van der Waals surface area contributed by atoms with Crippen molar-refractivity contribution < 1.29 is 8.95 Å². The molecule has 34 heavy (non-hydrogen) atoms. The topological polar surface area (TPSA) is 78.1 Å². The highest BCUT2D eigenvalue weighted by Gasteiger charge is 2.31. The first-order chi connectivity index (χ1) is 16.2. The number of likely N-dealkylation sites (tertiary alicyclic amines) is 1. The summed E-state index contributed by atoms with van der Waals surface area (Å²) in [5.41, 5.74) is 1.83. The normalized spacial score (nSPS) is 18.3. The fraction of sp³-hybridized carbons (Fsp3) is 0.560. The van der Waals surface area contributed by atoms with E-state index in [4.69, 9.17) is 9.72 Å². The highest BCUT2D eigenvalue weighted by molar-refractivity contribution is 7.85. The van der Waals surface area contributed by atoms with E-state index in [0.29, 0.717) is 13.2 Å². The monoisotopic (exact) mass is 482 g/mol. The molecule has 2 aliphatic rings. The van der Waals surface area contributed by atoms with Crippen LogP contribution in [0.4, 0.5) is 0 Å². The number of hydrogen-bond acceptors (Lipinski definition) is 6. The van der Waals surface area contributed by atoms with Crippen molar-refractivity contribution in [2.75, 3.05) is 19.7 Å². The fourth-order valence-corrected chi connectivity index (χ4v) is 6.30. The van der Waals surface area contributed by atoms with Gasteiger partial charge in [-0.3, -0.25) is 9.11 Å². The van der Waals surface area contributed by atoms with Gasteiger partial charge in [-0.2, -0.15) is 5.10 Å². The Morgan fingerprint density at radius 1 is 1.12 bits per heavy atom. The molecule has 0 saturated carbocycles. The molecular formula is C25H34N6O2S. The van der Waals surface area contributed by atoms with Crippen LogP contribution < -0.4 is 4.74 Å². The second kappa shape index (κ2) is 8.92. The summed E-state index contributed by atoms with van der Waals surface area (Å²) in [6, 6.07) is 6.12. The van der Waals surface area contributed by atoms with Gasteiger partial charge in [0.2, 0.25) is 0 Å². The van der Waals surface area contributed by atoms with Gasteiger partial charge in [0.15, 0.2) is 5.82 Å². The van der Waals surface area contributed by atoms with Gasteiger partial charge in [0, 0.05) is 27.9 Å². The highest BCUT2D eigenvalue weighted by Crippen LogP contribution is 2.36. The maximum atomic E-state index is 13.6. The van der Waals surface area contributed by atoms with E-state index in [1.807, 2.05) is 29.1 Å². The molecule has 1 atom stereocenters. The molecule has 0 amide bonds. The molecule has 8 nitrogen and oxygen atoms in total. The Kier molecular flexibility index (Phi) is 6.10. The summed E-state index contributed by atoms with van der Waals surface area (Å²) in [5, 5.41) is 4.53. The van der Waals surface area contributed by atoms with Crippen molar-refractivity contribution in [3.8, 4) is 28.7 Å². The van der Waals surface area contributed by atoms with Crippen LogP contribution in [-0.4, -0.2) is 63.9 Å². The lowest BCUT2D eigenvalue weighted by Crippen LogP contribution is -2.47. The number of nitrogens with zero attached hydrogens (tertiary/aromatic N) is 6. The van der Waals surface area contributed by atoms with E-state index in [0.717, 1.165) is 59.5 Å². The van der Waals surface area contributed by atoms with E-state index in [2.05, 4.69) is 54.2 Å². The summed E-state index contributed by atoms with van der Waals surface area (Å²) in [5.74, 6) is 2.36.